The first-order valence-corrected chi connectivity index (χ1v) is 5.88. The number of benzene rings is 1. The van der Waals surface area contributed by atoms with E-state index in [4.69, 9.17) is 9.47 Å². The van der Waals surface area contributed by atoms with Gasteiger partial charge in [0.15, 0.2) is 0 Å². The average Bonchev–Trinajstić information content (AvgIpc) is 2.25. The van der Waals surface area contributed by atoms with Crippen molar-refractivity contribution in [2.45, 2.75) is 39.5 Å². The second-order valence-corrected chi connectivity index (χ2v) is 4.98. The van der Waals surface area contributed by atoms with Gasteiger partial charge in [0.05, 0.1) is 6.61 Å². The summed E-state index contributed by atoms with van der Waals surface area (Å²) in [5.74, 6) is 0.526. The minimum Gasteiger partial charge on any atom is -0.434 e. The minimum absolute atomic E-state index is 0.0344. The first kappa shape index (κ1) is 13.6. The summed E-state index contributed by atoms with van der Waals surface area (Å²) in [5, 5.41) is 0. The van der Waals surface area contributed by atoms with Gasteiger partial charge in [0.2, 0.25) is 0 Å². The first-order chi connectivity index (χ1) is 7.93. The lowest BCUT2D eigenvalue weighted by molar-refractivity contribution is 0.0991. The zero-order chi connectivity index (χ0) is 12.9. The second kappa shape index (κ2) is 5.71. The quantitative estimate of drug-likeness (QED) is 0.589. The molecule has 3 heteroatoms. The number of hydrogen-bond acceptors (Lipinski definition) is 3. The Labute approximate surface area is 103 Å². The molecule has 94 valence electrons. The van der Waals surface area contributed by atoms with E-state index in [0.717, 1.165) is 12.0 Å². The van der Waals surface area contributed by atoms with Gasteiger partial charge in [-0.05, 0) is 29.5 Å². The molecule has 3 nitrogen and oxygen atoms in total. The van der Waals surface area contributed by atoms with E-state index in [9.17, 15) is 4.79 Å². The standard InChI is InChI=1S/C14H20O3/c1-5-9-16-13(15)17-12-8-6-7-11(10-12)14(2,3)4/h6-8,10H,5,9H2,1-4H3. The predicted octanol–water partition coefficient (Wildman–Crippen LogP) is 3.91. The molecule has 1 aromatic rings. The van der Waals surface area contributed by atoms with Crippen LogP contribution in [0.5, 0.6) is 5.75 Å². The summed E-state index contributed by atoms with van der Waals surface area (Å²) in [6, 6.07) is 7.52. The molecule has 0 unspecified atom stereocenters. The lowest BCUT2D eigenvalue weighted by Gasteiger charge is -2.19. The van der Waals surface area contributed by atoms with Crippen LogP contribution < -0.4 is 4.74 Å². The zero-order valence-electron chi connectivity index (χ0n) is 10.9. The van der Waals surface area contributed by atoms with E-state index in [0.29, 0.717) is 12.4 Å². The SMILES string of the molecule is CCCOC(=O)Oc1cccc(C(C)(C)C)c1. The molecular formula is C14H20O3. The summed E-state index contributed by atoms with van der Waals surface area (Å²) in [4.78, 5) is 11.3. The highest BCUT2D eigenvalue weighted by Gasteiger charge is 2.15. The third-order valence-electron chi connectivity index (χ3n) is 2.33. The predicted molar refractivity (Wildman–Crippen MR) is 67.4 cm³/mol. The molecular weight excluding hydrogens is 216 g/mol. The van der Waals surface area contributed by atoms with Crippen molar-refractivity contribution in [3.05, 3.63) is 29.8 Å². The van der Waals surface area contributed by atoms with Crippen molar-refractivity contribution in [2.24, 2.45) is 0 Å². The van der Waals surface area contributed by atoms with E-state index < -0.39 is 6.16 Å². The number of carbonyl (C=O) groups is 1. The molecule has 0 fully saturated rings. The Balaban J connectivity index is 2.69. The second-order valence-electron chi connectivity index (χ2n) is 4.98. The molecule has 0 amide bonds. The van der Waals surface area contributed by atoms with Gasteiger partial charge in [-0.15, -0.1) is 0 Å². The first-order valence-electron chi connectivity index (χ1n) is 5.88. The van der Waals surface area contributed by atoms with Gasteiger partial charge in [-0.25, -0.2) is 4.79 Å². The summed E-state index contributed by atoms with van der Waals surface area (Å²) in [7, 11) is 0. The molecule has 1 rings (SSSR count). The van der Waals surface area contributed by atoms with Crippen LogP contribution in [-0.4, -0.2) is 12.8 Å². The number of rotatable bonds is 3. The smallest absolute Gasteiger partial charge is 0.434 e. The van der Waals surface area contributed by atoms with Crippen LogP contribution in [0.1, 0.15) is 39.7 Å². The van der Waals surface area contributed by atoms with Gasteiger partial charge >= 0.3 is 6.16 Å². The van der Waals surface area contributed by atoms with E-state index in [1.807, 2.05) is 25.1 Å². The lowest BCUT2D eigenvalue weighted by Crippen LogP contribution is -2.13. The van der Waals surface area contributed by atoms with Gasteiger partial charge in [0.1, 0.15) is 5.75 Å². The number of carbonyl (C=O) groups excluding carboxylic acids is 1. The normalized spacial score (nSPS) is 11.1. The van der Waals surface area contributed by atoms with E-state index in [1.165, 1.54) is 0 Å². The molecule has 0 spiro atoms. The Morgan fingerprint density at radius 3 is 2.59 bits per heavy atom. The highest BCUT2D eigenvalue weighted by molar-refractivity contribution is 5.63. The van der Waals surface area contributed by atoms with Crippen LogP contribution in [0.4, 0.5) is 4.79 Å². The van der Waals surface area contributed by atoms with Gasteiger partial charge in [-0.3, -0.25) is 0 Å². The Kier molecular flexibility index (Phi) is 4.55. The Morgan fingerprint density at radius 1 is 1.29 bits per heavy atom. The van der Waals surface area contributed by atoms with Crippen molar-refractivity contribution in [1.82, 2.24) is 0 Å². The van der Waals surface area contributed by atoms with Gasteiger partial charge in [-0.2, -0.15) is 0 Å². The fourth-order valence-electron chi connectivity index (χ4n) is 1.34. The van der Waals surface area contributed by atoms with Crippen LogP contribution in [0.3, 0.4) is 0 Å². The molecule has 0 radical (unpaired) electrons. The summed E-state index contributed by atoms with van der Waals surface area (Å²) in [5.41, 5.74) is 1.16. The summed E-state index contributed by atoms with van der Waals surface area (Å²) in [6.45, 7) is 8.66. The van der Waals surface area contributed by atoms with E-state index in [-0.39, 0.29) is 5.41 Å². The number of ether oxygens (including phenoxy) is 2. The molecule has 0 N–H and O–H groups in total. The lowest BCUT2D eigenvalue weighted by atomic mass is 9.87. The van der Waals surface area contributed by atoms with Gasteiger partial charge in [0.25, 0.3) is 0 Å². The minimum atomic E-state index is -0.641. The molecule has 0 aliphatic heterocycles. The summed E-state index contributed by atoms with van der Waals surface area (Å²) < 4.78 is 9.95. The molecule has 0 saturated heterocycles. The van der Waals surface area contributed by atoms with Crippen LogP contribution in [0.25, 0.3) is 0 Å². The highest BCUT2D eigenvalue weighted by atomic mass is 16.7. The van der Waals surface area contributed by atoms with Crippen LogP contribution in [0.15, 0.2) is 24.3 Å². The third kappa shape index (κ3) is 4.47. The van der Waals surface area contributed by atoms with Gasteiger partial charge in [-0.1, -0.05) is 39.8 Å². The highest BCUT2D eigenvalue weighted by Crippen LogP contribution is 2.25. The van der Waals surface area contributed by atoms with Crippen LogP contribution >= 0.6 is 0 Å². The van der Waals surface area contributed by atoms with Crippen LogP contribution in [0, 0.1) is 0 Å². The molecule has 0 saturated carbocycles. The summed E-state index contributed by atoms with van der Waals surface area (Å²) in [6.07, 6.45) is 0.148. The fraction of sp³-hybridized carbons (Fsp3) is 0.500. The monoisotopic (exact) mass is 236 g/mol. The van der Waals surface area contributed by atoms with Crippen molar-refractivity contribution in [1.29, 1.82) is 0 Å². The van der Waals surface area contributed by atoms with Crippen LogP contribution in [-0.2, 0) is 10.2 Å². The van der Waals surface area contributed by atoms with Crippen molar-refractivity contribution in [3.8, 4) is 5.75 Å². The van der Waals surface area contributed by atoms with E-state index in [2.05, 4.69) is 20.8 Å². The maximum atomic E-state index is 11.3. The van der Waals surface area contributed by atoms with Crippen molar-refractivity contribution in [3.63, 3.8) is 0 Å². The molecule has 0 aliphatic rings. The van der Waals surface area contributed by atoms with Crippen molar-refractivity contribution >= 4 is 6.16 Å². The third-order valence-corrected chi connectivity index (χ3v) is 2.33. The molecule has 0 aliphatic carbocycles. The average molecular weight is 236 g/mol. The van der Waals surface area contributed by atoms with Crippen LogP contribution in [0.2, 0.25) is 0 Å². The van der Waals surface area contributed by atoms with Gasteiger partial charge < -0.3 is 9.47 Å². The van der Waals surface area contributed by atoms with Gasteiger partial charge in [0, 0.05) is 0 Å². The molecule has 0 atom stereocenters. The maximum Gasteiger partial charge on any atom is 0.513 e. The largest absolute Gasteiger partial charge is 0.513 e. The Hall–Kier alpha value is -1.51. The Morgan fingerprint density at radius 2 is 2.00 bits per heavy atom. The molecule has 0 heterocycles. The summed E-state index contributed by atoms with van der Waals surface area (Å²) >= 11 is 0. The Bertz CT molecular complexity index is 377. The maximum absolute atomic E-state index is 11.3. The van der Waals surface area contributed by atoms with E-state index >= 15 is 0 Å². The van der Waals surface area contributed by atoms with Crippen molar-refractivity contribution < 1.29 is 14.3 Å². The van der Waals surface area contributed by atoms with Crippen molar-refractivity contribution in [2.75, 3.05) is 6.61 Å². The van der Waals surface area contributed by atoms with E-state index in [1.54, 1.807) is 6.07 Å². The topological polar surface area (TPSA) is 35.5 Å². The molecule has 0 aromatic heterocycles. The number of hydrogen-bond donors (Lipinski definition) is 0. The molecule has 17 heavy (non-hydrogen) atoms. The fourth-order valence-corrected chi connectivity index (χ4v) is 1.34. The molecule has 1 aromatic carbocycles. The molecule has 0 bridgehead atoms. The zero-order valence-corrected chi connectivity index (χ0v) is 10.9.